The highest BCUT2D eigenvalue weighted by molar-refractivity contribution is 4.72. The average molecular weight is 214 g/mol. The van der Waals surface area contributed by atoms with E-state index in [0.29, 0.717) is 11.5 Å². The van der Waals surface area contributed by atoms with Crippen molar-refractivity contribution < 1.29 is 4.74 Å². The molecule has 1 atom stereocenters. The van der Waals surface area contributed by atoms with Crippen molar-refractivity contribution in [2.24, 2.45) is 5.41 Å². The van der Waals surface area contributed by atoms with E-state index in [-0.39, 0.29) is 0 Å². The molecule has 0 unspecified atom stereocenters. The van der Waals surface area contributed by atoms with Crippen molar-refractivity contribution in [2.45, 2.75) is 33.3 Å². The van der Waals surface area contributed by atoms with E-state index in [2.05, 4.69) is 38.0 Å². The molecule has 1 heterocycles. The molecule has 3 heteroatoms. The Labute approximate surface area is 94.2 Å². The molecule has 90 valence electrons. The average Bonchev–Trinajstić information content (AvgIpc) is 2.11. The second-order valence-corrected chi connectivity index (χ2v) is 5.77. The van der Waals surface area contributed by atoms with Crippen LogP contribution in [0.1, 0.15) is 27.2 Å². The Morgan fingerprint density at radius 1 is 1.40 bits per heavy atom. The van der Waals surface area contributed by atoms with E-state index in [1.165, 1.54) is 6.42 Å². The van der Waals surface area contributed by atoms with E-state index in [4.69, 9.17) is 4.74 Å². The lowest BCUT2D eigenvalue weighted by Gasteiger charge is -2.30. The van der Waals surface area contributed by atoms with Crippen LogP contribution in [-0.2, 0) is 4.74 Å². The van der Waals surface area contributed by atoms with Crippen molar-refractivity contribution in [3.05, 3.63) is 0 Å². The minimum atomic E-state index is 0.378. The minimum Gasteiger partial charge on any atom is -0.374 e. The van der Waals surface area contributed by atoms with E-state index in [9.17, 15) is 0 Å². The summed E-state index contributed by atoms with van der Waals surface area (Å²) in [7, 11) is 2.16. The Hall–Kier alpha value is -0.120. The lowest BCUT2D eigenvalue weighted by molar-refractivity contribution is -0.0182. The number of hydrogen-bond acceptors (Lipinski definition) is 3. The lowest BCUT2D eigenvalue weighted by atomic mass is 9.92. The molecular formula is C12H26N2O. The Kier molecular flexibility index (Phi) is 5.03. The number of nitrogens with zero attached hydrogens (tertiary/aromatic N) is 1. The van der Waals surface area contributed by atoms with Crippen LogP contribution >= 0.6 is 0 Å². The van der Waals surface area contributed by atoms with Gasteiger partial charge in [0.1, 0.15) is 0 Å². The predicted octanol–water partition coefficient (Wildman–Crippen LogP) is 1.34. The van der Waals surface area contributed by atoms with Crippen LogP contribution in [0.5, 0.6) is 0 Å². The molecule has 0 aromatic rings. The third kappa shape index (κ3) is 6.13. The molecule has 0 aliphatic carbocycles. The van der Waals surface area contributed by atoms with Gasteiger partial charge in [-0.3, -0.25) is 0 Å². The van der Waals surface area contributed by atoms with Gasteiger partial charge < -0.3 is 15.0 Å². The van der Waals surface area contributed by atoms with Crippen LogP contribution in [0.3, 0.4) is 0 Å². The molecule has 1 aliphatic heterocycles. The van der Waals surface area contributed by atoms with Gasteiger partial charge in [0.2, 0.25) is 0 Å². The molecule has 0 radical (unpaired) electrons. The summed E-state index contributed by atoms with van der Waals surface area (Å²) in [6.07, 6.45) is 1.60. The maximum atomic E-state index is 5.68. The number of likely N-dealkylation sites (N-methyl/N-ethyl adjacent to an activating group) is 1. The van der Waals surface area contributed by atoms with Crippen LogP contribution in [-0.4, -0.2) is 50.8 Å². The van der Waals surface area contributed by atoms with Crippen LogP contribution in [0, 0.1) is 5.41 Å². The molecule has 0 saturated carbocycles. The SMILES string of the molecule is CN1CCO[C@H](CNCCC(C)(C)C)C1. The summed E-state index contributed by atoms with van der Waals surface area (Å²) in [4.78, 5) is 2.33. The van der Waals surface area contributed by atoms with E-state index >= 15 is 0 Å². The van der Waals surface area contributed by atoms with Crippen LogP contribution in [0.4, 0.5) is 0 Å². The lowest BCUT2D eigenvalue weighted by Crippen LogP contribution is -2.45. The summed E-state index contributed by atoms with van der Waals surface area (Å²) >= 11 is 0. The second kappa shape index (κ2) is 5.83. The van der Waals surface area contributed by atoms with E-state index in [1.807, 2.05) is 0 Å². The van der Waals surface area contributed by atoms with E-state index < -0.39 is 0 Å². The topological polar surface area (TPSA) is 24.5 Å². The van der Waals surface area contributed by atoms with Crippen molar-refractivity contribution in [1.82, 2.24) is 10.2 Å². The molecule has 15 heavy (non-hydrogen) atoms. The highest BCUT2D eigenvalue weighted by Crippen LogP contribution is 2.16. The van der Waals surface area contributed by atoms with Gasteiger partial charge in [-0.15, -0.1) is 0 Å². The van der Waals surface area contributed by atoms with Gasteiger partial charge in [0.15, 0.2) is 0 Å². The third-order valence-corrected chi connectivity index (χ3v) is 2.77. The molecule has 1 fully saturated rings. The number of rotatable bonds is 4. The summed E-state index contributed by atoms with van der Waals surface area (Å²) in [6.45, 7) is 11.9. The quantitative estimate of drug-likeness (QED) is 0.715. The monoisotopic (exact) mass is 214 g/mol. The molecule has 1 aliphatic rings. The van der Waals surface area contributed by atoms with Crippen molar-refractivity contribution in [2.75, 3.05) is 39.8 Å². The molecule has 3 nitrogen and oxygen atoms in total. The molecule has 0 bridgehead atoms. The van der Waals surface area contributed by atoms with Crippen LogP contribution in [0.15, 0.2) is 0 Å². The van der Waals surface area contributed by atoms with E-state index in [0.717, 1.165) is 32.8 Å². The molecule has 0 amide bonds. The van der Waals surface area contributed by atoms with Crippen LogP contribution in [0.2, 0.25) is 0 Å². The highest BCUT2D eigenvalue weighted by atomic mass is 16.5. The summed E-state index contributed by atoms with van der Waals surface area (Å²) in [5.74, 6) is 0. The largest absolute Gasteiger partial charge is 0.374 e. The molecule has 0 aromatic heterocycles. The van der Waals surface area contributed by atoms with Gasteiger partial charge in [-0.1, -0.05) is 20.8 Å². The Morgan fingerprint density at radius 2 is 2.13 bits per heavy atom. The van der Waals surface area contributed by atoms with Gasteiger partial charge in [0, 0.05) is 19.6 Å². The number of hydrogen-bond donors (Lipinski definition) is 1. The van der Waals surface area contributed by atoms with Gasteiger partial charge in [0.25, 0.3) is 0 Å². The zero-order valence-corrected chi connectivity index (χ0v) is 10.7. The van der Waals surface area contributed by atoms with Crippen molar-refractivity contribution in [3.8, 4) is 0 Å². The van der Waals surface area contributed by atoms with E-state index in [1.54, 1.807) is 0 Å². The van der Waals surface area contributed by atoms with Crippen molar-refractivity contribution in [1.29, 1.82) is 0 Å². The Morgan fingerprint density at radius 3 is 2.73 bits per heavy atom. The summed E-state index contributed by atoms with van der Waals surface area (Å²) in [5.41, 5.74) is 0.428. The molecular weight excluding hydrogens is 188 g/mol. The first-order valence-corrected chi connectivity index (χ1v) is 5.98. The Bertz CT molecular complexity index is 177. The normalized spacial score (nSPS) is 24.4. The molecule has 1 rings (SSSR count). The summed E-state index contributed by atoms with van der Waals surface area (Å²) < 4.78 is 5.68. The number of morpholine rings is 1. The molecule has 1 saturated heterocycles. The standard InChI is InChI=1S/C12H26N2O/c1-12(2,3)5-6-13-9-11-10-14(4)7-8-15-11/h11,13H,5-10H2,1-4H3/t11-/m1/s1. The number of ether oxygens (including phenoxy) is 1. The second-order valence-electron chi connectivity index (χ2n) is 5.77. The van der Waals surface area contributed by atoms with Crippen LogP contribution in [0.25, 0.3) is 0 Å². The first-order chi connectivity index (χ1) is 6.97. The zero-order chi connectivity index (χ0) is 11.3. The fourth-order valence-corrected chi connectivity index (χ4v) is 1.72. The summed E-state index contributed by atoms with van der Waals surface area (Å²) in [5, 5.41) is 3.48. The molecule has 1 N–H and O–H groups in total. The smallest absolute Gasteiger partial charge is 0.0826 e. The molecule has 0 spiro atoms. The zero-order valence-electron chi connectivity index (χ0n) is 10.7. The van der Waals surface area contributed by atoms with Gasteiger partial charge >= 0.3 is 0 Å². The van der Waals surface area contributed by atoms with Gasteiger partial charge in [-0.05, 0) is 25.4 Å². The fraction of sp³-hybridized carbons (Fsp3) is 1.00. The van der Waals surface area contributed by atoms with Crippen LogP contribution < -0.4 is 5.32 Å². The first-order valence-electron chi connectivity index (χ1n) is 5.98. The van der Waals surface area contributed by atoms with Gasteiger partial charge in [-0.2, -0.15) is 0 Å². The maximum Gasteiger partial charge on any atom is 0.0826 e. The first kappa shape index (κ1) is 12.9. The fourth-order valence-electron chi connectivity index (χ4n) is 1.72. The Balaban J connectivity index is 2.04. The minimum absolute atomic E-state index is 0.378. The maximum absolute atomic E-state index is 5.68. The number of nitrogens with one attached hydrogen (secondary N) is 1. The van der Waals surface area contributed by atoms with Gasteiger partial charge in [0.05, 0.1) is 12.7 Å². The highest BCUT2D eigenvalue weighted by Gasteiger charge is 2.17. The molecule has 0 aromatic carbocycles. The van der Waals surface area contributed by atoms with Crippen molar-refractivity contribution >= 4 is 0 Å². The van der Waals surface area contributed by atoms with Gasteiger partial charge in [-0.25, -0.2) is 0 Å². The summed E-state index contributed by atoms with van der Waals surface area (Å²) in [6, 6.07) is 0. The van der Waals surface area contributed by atoms with Crippen molar-refractivity contribution in [3.63, 3.8) is 0 Å². The predicted molar refractivity (Wildman–Crippen MR) is 64.2 cm³/mol. The third-order valence-electron chi connectivity index (χ3n) is 2.77.